The Labute approximate surface area is 169 Å². The highest BCUT2D eigenvalue weighted by Gasteiger charge is 2.42. The summed E-state index contributed by atoms with van der Waals surface area (Å²) >= 11 is 0. The van der Waals surface area contributed by atoms with E-state index in [2.05, 4.69) is 16.0 Å². The SMILES string of the molecule is COc1ccc(NC(=O)C2CC(F)(F)CN2)cc1NC(=O)C1CCCCC1.Cl. The van der Waals surface area contributed by atoms with Gasteiger partial charge < -0.3 is 15.4 Å². The van der Waals surface area contributed by atoms with Gasteiger partial charge in [-0.05, 0) is 31.0 Å². The number of carbonyl (C=O) groups is 2. The molecule has 0 bridgehead atoms. The Morgan fingerprint density at radius 1 is 1.14 bits per heavy atom. The minimum Gasteiger partial charge on any atom is -0.495 e. The summed E-state index contributed by atoms with van der Waals surface area (Å²) in [6, 6.07) is 3.88. The first kappa shape index (κ1) is 22.4. The summed E-state index contributed by atoms with van der Waals surface area (Å²) in [6.07, 6.45) is 4.45. The molecule has 2 aliphatic rings. The van der Waals surface area contributed by atoms with Crippen LogP contribution in [-0.4, -0.2) is 37.4 Å². The van der Waals surface area contributed by atoms with Crippen LogP contribution in [0.4, 0.5) is 20.2 Å². The van der Waals surface area contributed by atoms with Crippen LogP contribution in [0.25, 0.3) is 0 Å². The molecule has 3 N–H and O–H groups in total. The maximum Gasteiger partial charge on any atom is 0.262 e. The van der Waals surface area contributed by atoms with E-state index in [1.807, 2.05) is 0 Å². The van der Waals surface area contributed by atoms with Crippen molar-refractivity contribution >= 4 is 35.6 Å². The summed E-state index contributed by atoms with van der Waals surface area (Å²) in [6.45, 7) is -0.504. The van der Waals surface area contributed by atoms with E-state index in [0.29, 0.717) is 17.1 Å². The van der Waals surface area contributed by atoms with Crippen molar-refractivity contribution in [3.63, 3.8) is 0 Å². The van der Waals surface area contributed by atoms with Crippen LogP contribution in [0.1, 0.15) is 38.5 Å². The fourth-order valence-corrected chi connectivity index (χ4v) is 3.61. The number of ether oxygens (including phenoxy) is 1. The third-order valence-corrected chi connectivity index (χ3v) is 5.13. The van der Waals surface area contributed by atoms with Crippen molar-refractivity contribution in [1.82, 2.24) is 5.32 Å². The summed E-state index contributed by atoms with van der Waals surface area (Å²) < 4.78 is 31.8. The van der Waals surface area contributed by atoms with E-state index >= 15 is 0 Å². The van der Waals surface area contributed by atoms with E-state index in [1.165, 1.54) is 7.11 Å². The van der Waals surface area contributed by atoms with Gasteiger partial charge in [-0.3, -0.25) is 14.9 Å². The lowest BCUT2D eigenvalue weighted by atomic mass is 9.88. The Morgan fingerprint density at radius 2 is 1.86 bits per heavy atom. The topological polar surface area (TPSA) is 79.5 Å². The monoisotopic (exact) mass is 417 g/mol. The van der Waals surface area contributed by atoms with Crippen LogP contribution in [0.2, 0.25) is 0 Å². The number of hydrogen-bond acceptors (Lipinski definition) is 4. The first-order chi connectivity index (χ1) is 12.9. The van der Waals surface area contributed by atoms with Crippen LogP contribution in [0.5, 0.6) is 5.75 Å². The van der Waals surface area contributed by atoms with Gasteiger partial charge in [-0.1, -0.05) is 19.3 Å². The van der Waals surface area contributed by atoms with Gasteiger partial charge in [0.15, 0.2) is 0 Å². The van der Waals surface area contributed by atoms with Gasteiger partial charge in [0.25, 0.3) is 5.92 Å². The van der Waals surface area contributed by atoms with E-state index < -0.39 is 30.8 Å². The van der Waals surface area contributed by atoms with E-state index in [4.69, 9.17) is 4.74 Å². The minimum atomic E-state index is -2.87. The van der Waals surface area contributed by atoms with Crippen molar-refractivity contribution < 1.29 is 23.1 Å². The van der Waals surface area contributed by atoms with Crippen molar-refractivity contribution in [3.8, 4) is 5.75 Å². The van der Waals surface area contributed by atoms with Crippen LogP contribution >= 0.6 is 12.4 Å². The molecule has 1 heterocycles. The quantitative estimate of drug-likeness (QED) is 0.684. The lowest BCUT2D eigenvalue weighted by Crippen LogP contribution is -2.35. The molecule has 1 aliphatic heterocycles. The average Bonchev–Trinajstić information content (AvgIpc) is 3.03. The molecule has 9 heteroatoms. The van der Waals surface area contributed by atoms with E-state index in [-0.39, 0.29) is 24.2 Å². The number of rotatable bonds is 5. The number of nitrogens with one attached hydrogen (secondary N) is 3. The number of anilines is 2. The molecule has 0 radical (unpaired) electrons. The number of amides is 2. The summed E-state index contributed by atoms with van der Waals surface area (Å²) in [5.41, 5.74) is 0.868. The Balaban J connectivity index is 0.00000280. The number of benzene rings is 1. The zero-order valence-corrected chi connectivity index (χ0v) is 16.5. The van der Waals surface area contributed by atoms with E-state index in [1.54, 1.807) is 18.2 Å². The molecule has 6 nitrogen and oxygen atoms in total. The highest BCUT2D eigenvalue weighted by Crippen LogP contribution is 2.31. The fraction of sp³-hybridized carbons (Fsp3) is 0.579. The predicted molar refractivity (Wildman–Crippen MR) is 105 cm³/mol. The first-order valence-corrected chi connectivity index (χ1v) is 9.29. The lowest BCUT2D eigenvalue weighted by molar-refractivity contribution is -0.120. The molecule has 2 amide bonds. The largest absolute Gasteiger partial charge is 0.495 e. The van der Waals surface area contributed by atoms with Crippen molar-refractivity contribution in [2.75, 3.05) is 24.3 Å². The molecule has 1 aliphatic carbocycles. The predicted octanol–water partition coefficient (Wildman–Crippen LogP) is 3.57. The third-order valence-electron chi connectivity index (χ3n) is 5.13. The Bertz CT molecular complexity index is 712. The lowest BCUT2D eigenvalue weighted by Gasteiger charge is -2.21. The van der Waals surface area contributed by atoms with Gasteiger partial charge in [0, 0.05) is 18.0 Å². The summed E-state index contributed by atoms with van der Waals surface area (Å²) in [5, 5.41) is 8.02. The van der Waals surface area contributed by atoms with Gasteiger partial charge in [0.1, 0.15) is 5.75 Å². The average molecular weight is 418 g/mol. The molecule has 1 aromatic rings. The maximum absolute atomic E-state index is 13.3. The number of halogens is 3. The number of hydrogen-bond donors (Lipinski definition) is 3. The molecule has 1 atom stereocenters. The van der Waals surface area contributed by atoms with Crippen LogP contribution in [0.3, 0.4) is 0 Å². The van der Waals surface area contributed by atoms with Crippen LogP contribution < -0.4 is 20.7 Å². The Kier molecular flexibility index (Phi) is 7.60. The van der Waals surface area contributed by atoms with Gasteiger partial charge in [-0.25, -0.2) is 8.78 Å². The van der Waals surface area contributed by atoms with Gasteiger partial charge in [0.05, 0.1) is 25.4 Å². The summed E-state index contributed by atoms with van der Waals surface area (Å²) in [7, 11) is 1.49. The van der Waals surface area contributed by atoms with Gasteiger partial charge in [-0.2, -0.15) is 0 Å². The van der Waals surface area contributed by atoms with Gasteiger partial charge in [0.2, 0.25) is 11.8 Å². The standard InChI is InChI=1S/C19H25F2N3O3.ClH/c1-27-16-8-7-13(23-18(26)15-10-19(20,21)11-22-15)9-14(16)24-17(25)12-5-3-2-4-6-12;/h7-9,12,15,22H,2-6,10-11H2,1H3,(H,23,26)(H,24,25);1H. The second kappa shape index (κ2) is 9.52. The fourth-order valence-electron chi connectivity index (χ4n) is 3.61. The molecule has 156 valence electrons. The summed E-state index contributed by atoms with van der Waals surface area (Å²) in [5.74, 6) is -3.01. The minimum absolute atomic E-state index is 0. The summed E-state index contributed by atoms with van der Waals surface area (Å²) in [4.78, 5) is 24.7. The molecule has 3 rings (SSSR count). The molecule has 1 saturated heterocycles. The molecule has 0 aromatic heterocycles. The van der Waals surface area contributed by atoms with Gasteiger partial charge in [-0.15, -0.1) is 12.4 Å². The van der Waals surface area contributed by atoms with Crippen molar-refractivity contribution in [2.45, 2.75) is 50.5 Å². The highest BCUT2D eigenvalue weighted by molar-refractivity contribution is 5.98. The van der Waals surface area contributed by atoms with Crippen molar-refractivity contribution in [3.05, 3.63) is 18.2 Å². The van der Waals surface area contributed by atoms with Crippen LogP contribution in [0.15, 0.2) is 18.2 Å². The number of methoxy groups -OCH3 is 1. The second-order valence-corrected chi connectivity index (χ2v) is 7.22. The molecule has 0 spiro atoms. The van der Waals surface area contributed by atoms with E-state index in [9.17, 15) is 18.4 Å². The Morgan fingerprint density at radius 3 is 2.46 bits per heavy atom. The molecular formula is C19H26ClF2N3O3. The molecule has 28 heavy (non-hydrogen) atoms. The van der Waals surface area contributed by atoms with Crippen molar-refractivity contribution in [2.24, 2.45) is 5.92 Å². The molecule has 1 unspecified atom stereocenters. The molecule has 1 saturated carbocycles. The molecular weight excluding hydrogens is 392 g/mol. The zero-order valence-electron chi connectivity index (χ0n) is 15.7. The highest BCUT2D eigenvalue weighted by atomic mass is 35.5. The molecule has 2 fully saturated rings. The normalized spacial score (nSPS) is 21.5. The third kappa shape index (κ3) is 5.54. The second-order valence-electron chi connectivity index (χ2n) is 7.22. The van der Waals surface area contributed by atoms with Gasteiger partial charge >= 0.3 is 0 Å². The van der Waals surface area contributed by atoms with Crippen molar-refractivity contribution in [1.29, 1.82) is 0 Å². The Hall–Kier alpha value is -1.93. The molecule has 1 aromatic carbocycles. The number of alkyl halides is 2. The van der Waals surface area contributed by atoms with Crippen LogP contribution in [0, 0.1) is 5.92 Å². The van der Waals surface area contributed by atoms with Crippen LogP contribution in [-0.2, 0) is 9.59 Å². The maximum atomic E-state index is 13.3. The smallest absolute Gasteiger partial charge is 0.262 e. The number of carbonyl (C=O) groups excluding carboxylic acids is 2. The first-order valence-electron chi connectivity index (χ1n) is 9.29. The zero-order chi connectivity index (χ0) is 19.4. The van der Waals surface area contributed by atoms with E-state index in [0.717, 1.165) is 32.1 Å².